The summed E-state index contributed by atoms with van der Waals surface area (Å²) in [4.78, 5) is 4.45. The molecule has 90 valence electrons. The van der Waals surface area contributed by atoms with Crippen LogP contribution < -0.4 is 0 Å². The Bertz CT molecular complexity index is 478. The van der Waals surface area contributed by atoms with Crippen molar-refractivity contribution in [2.75, 3.05) is 0 Å². The van der Waals surface area contributed by atoms with Crippen molar-refractivity contribution in [3.05, 3.63) is 34.8 Å². The molecule has 1 unspecified atom stereocenters. The normalized spacial score (nSPS) is 12.6. The van der Waals surface area contributed by atoms with Crippen LogP contribution in [0.15, 0.2) is 24.3 Å². The van der Waals surface area contributed by atoms with Crippen molar-refractivity contribution in [1.29, 1.82) is 0 Å². The molecule has 0 aliphatic rings. The van der Waals surface area contributed by atoms with Crippen LogP contribution in [-0.4, -0.2) is 9.36 Å². The van der Waals surface area contributed by atoms with Crippen molar-refractivity contribution in [2.45, 2.75) is 31.5 Å². The molecule has 0 radical (unpaired) electrons. The summed E-state index contributed by atoms with van der Waals surface area (Å²) in [5.41, 5.74) is 2.48. The monoisotopic (exact) mass is 310 g/mol. The Kier molecular flexibility index (Phi) is 4.29. The van der Waals surface area contributed by atoms with Gasteiger partial charge in [0.25, 0.3) is 0 Å². The number of hydrogen-bond acceptors (Lipinski definition) is 3. The van der Waals surface area contributed by atoms with Gasteiger partial charge in [-0.05, 0) is 29.4 Å². The first-order valence-electron chi connectivity index (χ1n) is 5.73. The van der Waals surface area contributed by atoms with Gasteiger partial charge in [-0.1, -0.05) is 54.0 Å². The topological polar surface area (TPSA) is 25.8 Å². The van der Waals surface area contributed by atoms with Gasteiger partial charge < -0.3 is 0 Å². The molecule has 2 nitrogen and oxygen atoms in total. The fourth-order valence-electron chi connectivity index (χ4n) is 1.62. The smallest absolute Gasteiger partial charge is 0.173 e. The highest BCUT2D eigenvalue weighted by Gasteiger charge is 2.07. The highest BCUT2D eigenvalue weighted by Crippen LogP contribution is 2.23. The molecular weight excluding hydrogens is 296 g/mol. The standard InChI is InChI=1S/C13H15BrN2S/c1-3-9(2)10-4-6-11(7-5-10)13-15-12(8-14)17-16-13/h4-7,9H,3,8H2,1-2H3. The minimum absolute atomic E-state index is 0.616. The summed E-state index contributed by atoms with van der Waals surface area (Å²) in [6, 6.07) is 8.58. The first-order valence-corrected chi connectivity index (χ1v) is 7.63. The van der Waals surface area contributed by atoms with Crippen LogP contribution in [0.1, 0.15) is 36.8 Å². The molecule has 0 N–H and O–H groups in total. The number of nitrogens with zero attached hydrogens (tertiary/aromatic N) is 2. The Morgan fingerprint density at radius 3 is 2.53 bits per heavy atom. The number of aromatic nitrogens is 2. The lowest BCUT2D eigenvalue weighted by atomic mass is 9.97. The van der Waals surface area contributed by atoms with Crippen molar-refractivity contribution in [1.82, 2.24) is 9.36 Å². The van der Waals surface area contributed by atoms with E-state index in [1.54, 1.807) is 0 Å². The molecule has 0 aliphatic heterocycles. The summed E-state index contributed by atoms with van der Waals surface area (Å²) in [6.07, 6.45) is 1.17. The van der Waals surface area contributed by atoms with Crippen LogP contribution in [0.3, 0.4) is 0 Å². The molecule has 17 heavy (non-hydrogen) atoms. The Hall–Kier alpha value is -0.740. The Morgan fingerprint density at radius 1 is 1.29 bits per heavy atom. The van der Waals surface area contributed by atoms with Crippen LogP contribution in [0.5, 0.6) is 0 Å². The predicted octanol–water partition coefficient (Wildman–Crippen LogP) is 4.61. The molecule has 0 fully saturated rings. The van der Waals surface area contributed by atoms with E-state index in [2.05, 4.69) is 63.4 Å². The van der Waals surface area contributed by atoms with E-state index in [-0.39, 0.29) is 0 Å². The second-order valence-electron chi connectivity index (χ2n) is 4.08. The SMILES string of the molecule is CCC(C)c1ccc(-c2nsc(CBr)n2)cc1. The lowest BCUT2D eigenvalue weighted by Crippen LogP contribution is -1.91. The number of hydrogen-bond donors (Lipinski definition) is 0. The molecule has 1 aromatic carbocycles. The van der Waals surface area contributed by atoms with Gasteiger partial charge in [0, 0.05) is 5.56 Å². The summed E-state index contributed by atoms with van der Waals surface area (Å²) in [5, 5.41) is 1.79. The van der Waals surface area contributed by atoms with Crippen molar-refractivity contribution in [3.63, 3.8) is 0 Å². The zero-order chi connectivity index (χ0) is 12.3. The van der Waals surface area contributed by atoms with E-state index in [0.29, 0.717) is 5.92 Å². The number of halogens is 1. The number of rotatable bonds is 4. The van der Waals surface area contributed by atoms with Gasteiger partial charge in [-0.2, -0.15) is 4.37 Å². The molecule has 1 atom stereocenters. The minimum Gasteiger partial charge on any atom is -0.219 e. The third-order valence-electron chi connectivity index (χ3n) is 2.93. The highest BCUT2D eigenvalue weighted by molar-refractivity contribution is 9.08. The van der Waals surface area contributed by atoms with Crippen LogP contribution in [0.25, 0.3) is 11.4 Å². The van der Waals surface area contributed by atoms with E-state index >= 15 is 0 Å². The van der Waals surface area contributed by atoms with E-state index < -0.39 is 0 Å². The molecule has 1 heterocycles. The van der Waals surface area contributed by atoms with Gasteiger partial charge in [0.15, 0.2) is 5.82 Å². The van der Waals surface area contributed by atoms with E-state index in [9.17, 15) is 0 Å². The third kappa shape index (κ3) is 2.93. The second-order valence-corrected chi connectivity index (χ2v) is 5.47. The van der Waals surface area contributed by atoms with Crippen LogP contribution in [-0.2, 0) is 5.33 Å². The van der Waals surface area contributed by atoms with E-state index in [1.165, 1.54) is 23.5 Å². The zero-order valence-electron chi connectivity index (χ0n) is 9.98. The lowest BCUT2D eigenvalue weighted by Gasteiger charge is -2.08. The van der Waals surface area contributed by atoms with Crippen molar-refractivity contribution < 1.29 is 0 Å². The molecular formula is C13H15BrN2S. The summed E-state index contributed by atoms with van der Waals surface area (Å²) < 4.78 is 4.35. The molecule has 2 rings (SSSR count). The molecule has 0 spiro atoms. The van der Waals surface area contributed by atoms with Crippen LogP contribution >= 0.6 is 27.5 Å². The lowest BCUT2D eigenvalue weighted by molar-refractivity contribution is 0.734. The molecule has 0 amide bonds. The van der Waals surface area contributed by atoms with Crippen LogP contribution in [0.4, 0.5) is 0 Å². The maximum Gasteiger partial charge on any atom is 0.173 e. The van der Waals surface area contributed by atoms with Gasteiger partial charge in [0.2, 0.25) is 0 Å². The minimum atomic E-state index is 0.616. The van der Waals surface area contributed by atoms with Gasteiger partial charge in [-0.25, -0.2) is 4.98 Å². The first-order chi connectivity index (χ1) is 8.24. The van der Waals surface area contributed by atoms with Crippen LogP contribution in [0, 0.1) is 0 Å². The van der Waals surface area contributed by atoms with Crippen LogP contribution in [0.2, 0.25) is 0 Å². The van der Waals surface area contributed by atoms with Gasteiger partial charge in [0.1, 0.15) is 5.01 Å². The maximum atomic E-state index is 4.45. The van der Waals surface area contributed by atoms with Crippen molar-refractivity contribution >= 4 is 27.5 Å². The zero-order valence-corrected chi connectivity index (χ0v) is 12.4. The third-order valence-corrected chi connectivity index (χ3v) is 4.55. The largest absolute Gasteiger partial charge is 0.219 e. The molecule has 1 aromatic heterocycles. The Morgan fingerprint density at radius 2 is 2.00 bits per heavy atom. The second kappa shape index (κ2) is 5.74. The average Bonchev–Trinajstić information content (AvgIpc) is 2.87. The average molecular weight is 311 g/mol. The molecule has 0 saturated carbocycles. The molecule has 4 heteroatoms. The maximum absolute atomic E-state index is 4.45. The van der Waals surface area contributed by atoms with E-state index in [1.807, 2.05) is 0 Å². The molecule has 0 bridgehead atoms. The first kappa shape index (κ1) is 12.7. The van der Waals surface area contributed by atoms with Gasteiger partial charge >= 0.3 is 0 Å². The van der Waals surface area contributed by atoms with E-state index in [4.69, 9.17) is 0 Å². The number of benzene rings is 1. The Balaban J connectivity index is 2.22. The van der Waals surface area contributed by atoms with Gasteiger partial charge in [-0.15, -0.1) is 0 Å². The summed E-state index contributed by atoms with van der Waals surface area (Å²) in [7, 11) is 0. The summed E-state index contributed by atoms with van der Waals surface area (Å²) in [6.45, 7) is 4.46. The highest BCUT2D eigenvalue weighted by atomic mass is 79.9. The fraction of sp³-hybridized carbons (Fsp3) is 0.385. The molecule has 0 aliphatic carbocycles. The summed E-state index contributed by atoms with van der Waals surface area (Å²) >= 11 is 4.84. The fourth-order valence-corrected chi connectivity index (χ4v) is 2.57. The summed E-state index contributed by atoms with van der Waals surface area (Å²) in [5.74, 6) is 1.45. The molecule has 2 aromatic rings. The van der Waals surface area contributed by atoms with E-state index in [0.717, 1.165) is 21.7 Å². The molecule has 0 saturated heterocycles. The quantitative estimate of drug-likeness (QED) is 0.770. The Labute approximate surface area is 114 Å². The number of alkyl halides is 1. The predicted molar refractivity (Wildman–Crippen MR) is 76.7 cm³/mol. The van der Waals surface area contributed by atoms with Crippen molar-refractivity contribution in [2.24, 2.45) is 0 Å². The van der Waals surface area contributed by atoms with Gasteiger partial charge in [0.05, 0.1) is 5.33 Å². The van der Waals surface area contributed by atoms with Crippen molar-refractivity contribution in [3.8, 4) is 11.4 Å². The van der Waals surface area contributed by atoms with Gasteiger partial charge in [-0.3, -0.25) is 0 Å².